The number of nitrogens with one attached hydrogen (secondary N) is 1. The Morgan fingerprint density at radius 2 is 2.16 bits per heavy atom. The summed E-state index contributed by atoms with van der Waals surface area (Å²) in [6.45, 7) is 6.41. The molecular formula is C14H21FN2O2. The molecule has 0 saturated heterocycles. The third-order valence-corrected chi connectivity index (χ3v) is 2.71. The van der Waals surface area contributed by atoms with Gasteiger partial charge in [-0.3, -0.25) is 4.79 Å². The third-order valence-electron chi connectivity index (χ3n) is 2.71. The maximum absolute atomic E-state index is 13.6. The van der Waals surface area contributed by atoms with Gasteiger partial charge in [0.25, 0.3) is 0 Å². The average Bonchev–Trinajstić information content (AvgIpc) is 2.32. The highest BCUT2D eigenvalue weighted by Crippen LogP contribution is 2.23. The molecule has 1 amide bonds. The molecule has 0 fully saturated rings. The highest BCUT2D eigenvalue weighted by atomic mass is 19.1. The summed E-state index contributed by atoms with van der Waals surface area (Å²) in [5.74, 6) is -0.487. The summed E-state index contributed by atoms with van der Waals surface area (Å²) in [7, 11) is 0. The van der Waals surface area contributed by atoms with Crippen LogP contribution >= 0.6 is 0 Å². The lowest BCUT2D eigenvalue weighted by atomic mass is 9.89. The van der Waals surface area contributed by atoms with Crippen molar-refractivity contribution in [2.75, 3.05) is 18.5 Å². The fourth-order valence-corrected chi connectivity index (χ4v) is 1.56. The zero-order valence-corrected chi connectivity index (χ0v) is 11.6. The van der Waals surface area contributed by atoms with Gasteiger partial charge < -0.3 is 15.8 Å². The molecule has 1 aromatic carbocycles. The lowest BCUT2D eigenvalue weighted by Crippen LogP contribution is -2.29. The molecule has 0 aliphatic carbocycles. The second-order valence-electron chi connectivity index (χ2n) is 5.17. The zero-order chi connectivity index (χ0) is 14.5. The maximum Gasteiger partial charge on any atom is 0.224 e. The molecule has 0 aromatic heterocycles. The van der Waals surface area contributed by atoms with Crippen molar-refractivity contribution in [3.8, 4) is 5.75 Å². The van der Waals surface area contributed by atoms with Crippen LogP contribution in [0.15, 0.2) is 18.2 Å². The van der Waals surface area contributed by atoms with Crippen molar-refractivity contribution in [3.63, 3.8) is 0 Å². The number of nitrogens with two attached hydrogens (primary N) is 1. The highest BCUT2D eigenvalue weighted by molar-refractivity contribution is 5.91. The van der Waals surface area contributed by atoms with Gasteiger partial charge in [0.15, 0.2) is 11.6 Å². The molecule has 1 rings (SSSR count). The number of carbonyl (C=O) groups excluding carboxylic acids is 1. The Bertz CT molecular complexity index is 447. The van der Waals surface area contributed by atoms with Gasteiger partial charge in [0.2, 0.25) is 5.91 Å². The molecule has 4 nitrogen and oxygen atoms in total. The molecular weight excluding hydrogens is 247 g/mol. The van der Waals surface area contributed by atoms with Crippen molar-refractivity contribution >= 4 is 11.6 Å². The second-order valence-corrected chi connectivity index (χ2v) is 5.17. The van der Waals surface area contributed by atoms with Crippen molar-refractivity contribution in [1.82, 2.24) is 0 Å². The van der Waals surface area contributed by atoms with Gasteiger partial charge >= 0.3 is 0 Å². The van der Waals surface area contributed by atoms with Crippen LogP contribution in [0.3, 0.4) is 0 Å². The fourth-order valence-electron chi connectivity index (χ4n) is 1.56. The van der Waals surface area contributed by atoms with E-state index in [9.17, 15) is 9.18 Å². The molecule has 3 N–H and O–H groups in total. The molecule has 19 heavy (non-hydrogen) atoms. The second kappa shape index (κ2) is 6.52. The van der Waals surface area contributed by atoms with Gasteiger partial charge in [0.1, 0.15) is 0 Å². The molecule has 0 spiro atoms. The number of benzene rings is 1. The Morgan fingerprint density at radius 1 is 1.47 bits per heavy atom. The lowest BCUT2D eigenvalue weighted by molar-refractivity contribution is -0.117. The standard InChI is InChI=1S/C14H21FN2O2/c1-4-19-12-6-5-10(7-11(12)15)17-13(18)8-14(2,3)9-16/h5-7H,4,8-9,16H2,1-3H3,(H,17,18). The van der Waals surface area contributed by atoms with E-state index >= 15 is 0 Å². The van der Waals surface area contributed by atoms with Crippen LogP contribution in [0.5, 0.6) is 5.75 Å². The molecule has 0 saturated carbocycles. The SMILES string of the molecule is CCOc1ccc(NC(=O)CC(C)(C)CN)cc1F. The molecule has 0 atom stereocenters. The number of rotatable bonds is 6. The van der Waals surface area contributed by atoms with Gasteiger partial charge in [-0.15, -0.1) is 0 Å². The van der Waals surface area contributed by atoms with Crippen molar-refractivity contribution < 1.29 is 13.9 Å². The number of hydrogen-bond donors (Lipinski definition) is 2. The van der Waals surface area contributed by atoms with E-state index in [1.54, 1.807) is 13.0 Å². The summed E-state index contributed by atoms with van der Waals surface area (Å²) in [5, 5.41) is 2.65. The fraction of sp³-hybridized carbons (Fsp3) is 0.500. The molecule has 5 heteroatoms. The van der Waals surface area contributed by atoms with Gasteiger partial charge in [0.05, 0.1) is 6.61 Å². The van der Waals surface area contributed by atoms with Crippen LogP contribution in [0.1, 0.15) is 27.2 Å². The van der Waals surface area contributed by atoms with Crippen molar-refractivity contribution in [2.45, 2.75) is 27.2 Å². The molecule has 106 valence electrons. The molecule has 0 aliphatic rings. The summed E-state index contributed by atoms with van der Waals surface area (Å²) in [5.41, 5.74) is 5.71. The maximum atomic E-state index is 13.6. The van der Waals surface area contributed by atoms with Crippen LogP contribution in [0.25, 0.3) is 0 Å². The molecule has 0 bridgehead atoms. The highest BCUT2D eigenvalue weighted by Gasteiger charge is 2.20. The molecule has 1 aromatic rings. The number of amides is 1. The lowest BCUT2D eigenvalue weighted by Gasteiger charge is -2.21. The monoisotopic (exact) mass is 268 g/mol. The molecule has 0 radical (unpaired) electrons. The largest absolute Gasteiger partial charge is 0.491 e. The first-order valence-corrected chi connectivity index (χ1v) is 6.30. The van der Waals surface area contributed by atoms with E-state index in [0.29, 0.717) is 25.3 Å². The van der Waals surface area contributed by atoms with E-state index in [1.807, 2.05) is 13.8 Å². The minimum absolute atomic E-state index is 0.181. The van der Waals surface area contributed by atoms with Crippen LogP contribution in [0.2, 0.25) is 0 Å². The summed E-state index contributed by atoms with van der Waals surface area (Å²) < 4.78 is 18.7. The predicted octanol–water partition coefficient (Wildman–Crippen LogP) is 2.54. The minimum Gasteiger partial charge on any atom is -0.491 e. The van der Waals surface area contributed by atoms with E-state index in [2.05, 4.69) is 5.32 Å². The van der Waals surface area contributed by atoms with E-state index in [-0.39, 0.29) is 17.1 Å². The van der Waals surface area contributed by atoms with Crippen LogP contribution < -0.4 is 15.8 Å². The average molecular weight is 268 g/mol. The van der Waals surface area contributed by atoms with Crippen LogP contribution in [-0.4, -0.2) is 19.1 Å². The number of anilines is 1. The van der Waals surface area contributed by atoms with Crippen LogP contribution in [0, 0.1) is 11.2 Å². The first-order chi connectivity index (χ1) is 8.88. The zero-order valence-electron chi connectivity index (χ0n) is 11.6. The molecule has 0 aliphatic heterocycles. The Kier molecular flexibility index (Phi) is 5.30. The summed E-state index contributed by atoms with van der Waals surface area (Å²) in [6.07, 6.45) is 0.290. The van der Waals surface area contributed by atoms with Crippen molar-refractivity contribution in [3.05, 3.63) is 24.0 Å². The smallest absolute Gasteiger partial charge is 0.224 e. The van der Waals surface area contributed by atoms with E-state index < -0.39 is 5.82 Å². The van der Waals surface area contributed by atoms with Gasteiger partial charge in [-0.05, 0) is 31.0 Å². The van der Waals surface area contributed by atoms with Gasteiger partial charge in [-0.1, -0.05) is 13.8 Å². The Balaban J connectivity index is 2.67. The van der Waals surface area contributed by atoms with Gasteiger partial charge in [-0.2, -0.15) is 0 Å². The van der Waals surface area contributed by atoms with Gasteiger partial charge in [-0.25, -0.2) is 4.39 Å². The Morgan fingerprint density at radius 3 is 2.68 bits per heavy atom. The van der Waals surface area contributed by atoms with Crippen molar-refractivity contribution in [1.29, 1.82) is 0 Å². The third kappa shape index (κ3) is 4.87. The number of halogens is 1. The van der Waals surface area contributed by atoms with Crippen molar-refractivity contribution in [2.24, 2.45) is 11.1 Å². The van der Waals surface area contributed by atoms with E-state index in [1.165, 1.54) is 12.1 Å². The Hall–Kier alpha value is -1.62. The van der Waals surface area contributed by atoms with E-state index in [0.717, 1.165) is 0 Å². The normalized spacial score (nSPS) is 11.2. The Labute approximate surface area is 113 Å². The number of ether oxygens (including phenoxy) is 1. The quantitative estimate of drug-likeness (QED) is 0.833. The predicted molar refractivity (Wildman–Crippen MR) is 73.7 cm³/mol. The van der Waals surface area contributed by atoms with Crippen LogP contribution in [0.4, 0.5) is 10.1 Å². The number of hydrogen-bond acceptors (Lipinski definition) is 3. The summed E-state index contributed by atoms with van der Waals surface area (Å²) in [4.78, 5) is 11.8. The number of carbonyl (C=O) groups is 1. The summed E-state index contributed by atoms with van der Waals surface area (Å²) >= 11 is 0. The molecule has 0 unspecified atom stereocenters. The molecule has 0 heterocycles. The first kappa shape index (κ1) is 15.4. The van der Waals surface area contributed by atoms with E-state index in [4.69, 9.17) is 10.5 Å². The first-order valence-electron chi connectivity index (χ1n) is 6.30. The summed E-state index contributed by atoms with van der Waals surface area (Å²) in [6, 6.07) is 4.36. The topological polar surface area (TPSA) is 64.3 Å². The van der Waals surface area contributed by atoms with Gasteiger partial charge in [0, 0.05) is 18.2 Å². The minimum atomic E-state index is -0.488. The van der Waals surface area contributed by atoms with Crippen LogP contribution in [-0.2, 0) is 4.79 Å².